The van der Waals surface area contributed by atoms with E-state index in [0.717, 1.165) is 0 Å². The average molecular weight is 271 g/mol. The van der Waals surface area contributed by atoms with Crippen molar-refractivity contribution in [3.05, 3.63) is 0 Å². The van der Waals surface area contributed by atoms with E-state index in [2.05, 4.69) is 9.83 Å². The van der Waals surface area contributed by atoms with Crippen molar-refractivity contribution >= 4 is 23.7 Å². The van der Waals surface area contributed by atoms with Gasteiger partial charge in [-0.05, 0) is 12.8 Å². The molecule has 106 valence electrons. The number of rotatable bonds is 6. The van der Waals surface area contributed by atoms with Crippen LogP contribution in [0, 0.1) is 0 Å². The molecule has 1 atom stereocenters. The summed E-state index contributed by atoms with van der Waals surface area (Å²) < 4.78 is 0. The van der Waals surface area contributed by atoms with Crippen LogP contribution in [-0.2, 0) is 19.2 Å². The van der Waals surface area contributed by atoms with Crippen LogP contribution in [0.2, 0.25) is 0 Å². The number of amides is 2. The van der Waals surface area contributed by atoms with Gasteiger partial charge in [-0.3, -0.25) is 14.6 Å². The first-order valence-corrected chi connectivity index (χ1v) is 5.80. The molecule has 0 spiro atoms. The Labute approximate surface area is 109 Å². The van der Waals surface area contributed by atoms with Gasteiger partial charge in [0.25, 0.3) is 11.8 Å². The van der Waals surface area contributed by atoms with Crippen LogP contribution in [0.5, 0.6) is 0 Å². The number of carbonyl (C=O) groups excluding carboxylic acids is 3. The summed E-state index contributed by atoms with van der Waals surface area (Å²) in [6.07, 6.45) is 0.861. The minimum atomic E-state index is -0.935. The molecule has 1 fully saturated rings. The Morgan fingerprint density at radius 3 is 2.42 bits per heavy atom. The molecule has 9 nitrogen and oxygen atoms in total. The van der Waals surface area contributed by atoms with Gasteiger partial charge in [0.2, 0.25) is 0 Å². The Bertz CT molecular complexity index is 389. The lowest BCUT2D eigenvalue weighted by atomic mass is 10.2. The molecule has 0 bridgehead atoms. The molecule has 0 unspecified atom stereocenters. The fraction of sp³-hybridized carbons (Fsp3) is 0.600. The maximum Gasteiger partial charge on any atom is 0.349 e. The van der Waals surface area contributed by atoms with E-state index < -0.39 is 23.8 Å². The van der Waals surface area contributed by atoms with E-state index in [1.54, 1.807) is 0 Å². The van der Waals surface area contributed by atoms with E-state index in [0.29, 0.717) is 18.0 Å². The monoisotopic (exact) mass is 271 g/mol. The second kappa shape index (κ2) is 6.69. The van der Waals surface area contributed by atoms with Crippen LogP contribution >= 0.6 is 0 Å². The van der Waals surface area contributed by atoms with Crippen molar-refractivity contribution in [2.45, 2.75) is 31.7 Å². The maximum atomic E-state index is 11.5. The standard InChI is InChI=1S/C10H17N5O4/c11-6(2-1-5-14-10(12)13)9(18)19-15-7(16)3-4-8(15)17/h6H,1-5,11H2,(H4,12,13,14)/t6-/m0/s1. The van der Waals surface area contributed by atoms with Crippen LogP contribution in [0.25, 0.3) is 0 Å². The SMILES string of the molecule is NC(N)=NCCC[C@H](N)C(=O)ON1C(=O)CCC1=O. The third kappa shape index (κ3) is 4.54. The summed E-state index contributed by atoms with van der Waals surface area (Å²) in [5.41, 5.74) is 15.8. The number of guanidine groups is 1. The van der Waals surface area contributed by atoms with Crippen molar-refractivity contribution in [1.82, 2.24) is 5.06 Å². The van der Waals surface area contributed by atoms with Gasteiger partial charge in [-0.1, -0.05) is 0 Å². The van der Waals surface area contributed by atoms with E-state index in [1.165, 1.54) is 0 Å². The maximum absolute atomic E-state index is 11.5. The first kappa shape index (κ1) is 14.9. The van der Waals surface area contributed by atoms with Crippen molar-refractivity contribution in [3.8, 4) is 0 Å². The molecule has 1 aliphatic rings. The Hall–Kier alpha value is -2.16. The normalized spacial score (nSPS) is 16.4. The van der Waals surface area contributed by atoms with Crippen molar-refractivity contribution in [2.24, 2.45) is 22.2 Å². The molecule has 9 heteroatoms. The van der Waals surface area contributed by atoms with Crippen LogP contribution in [0.1, 0.15) is 25.7 Å². The first-order chi connectivity index (χ1) is 8.91. The number of carbonyl (C=O) groups is 3. The average Bonchev–Trinajstić information content (AvgIpc) is 2.65. The van der Waals surface area contributed by atoms with E-state index in [-0.39, 0.29) is 25.2 Å². The third-order valence-electron chi connectivity index (χ3n) is 2.46. The first-order valence-electron chi connectivity index (χ1n) is 5.80. The summed E-state index contributed by atoms with van der Waals surface area (Å²) in [6.45, 7) is 0.338. The van der Waals surface area contributed by atoms with Gasteiger partial charge in [-0.2, -0.15) is 0 Å². The van der Waals surface area contributed by atoms with Crippen LogP contribution in [0.4, 0.5) is 0 Å². The summed E-state index contributed by atoms with van der Waals surface area (Å²) in [7, 11) is 0. The predicted molar refractivity (Wildman–Crippen MR) is 65.1 cm³/mol. The molecule has 0 aromatic rings. The molecule has 1 saturated heterocycles. The molecule has 0 aromatic heterocycles. The van der Waals surface area contributed by atoms with Crippen molar-refractivity contribution in [1.29, 1.82) is 0 Å². The Morgan fingerprint density at radius 1 is 1.32 bits per heavy atom. The molecule has 0 saturated carbocycles. The van der Waals surface area contributed by atoms with Gasteiger partial charge in [0.1, 0.15) is 6.04 Å². The molecule has 2 amide bonds. The quantitative estimate of drug-likeness (QED) is 0.218. The number of hydroxylamine groups is 2. The van der Waals surface area contributed by atoms with Crippen molar-refractivity contribution < 1.29 is 19.2 Å². The molecule has 1 rings (SSSR count). The van der Waals surface area contributed by atoms with Crippen LogP contribution in [0.3, 0.4) is 0 Å². The Kier molecular flexibility index (Phi) is 5.24. The van der Waals surface area contributed by atoms with Gasteiger partial charge < -0.3 is 22.0 Å². The second-order valence-corrected chi connectivity index (χ2v) is 4.05. The van der Waals surface area contributed by atoms with Crippen LogP contribution in [0.15, 0.2) is 4.99 Å². The molecule has 6 N–H and O–H groups in total. The number of imide groups is 1. The highest BCUT2D eigenvalue weighted by Crippen LogP contribution is 2.13. The lowest BCUT2D eigenvalue weighted by Gasteiger charge is -2.15. The van der Waals surface area contributed by atoms with E-state index in [4.69, 9.17) is 17.2 Å². The van der Waals surface area contributed by atoms with E-state index in [1.807, 2.05) is 0 Å². The molecule has 0 radical (unpaired) electrons. The minimum Gasteiger partial charge on any atom is -0.370 e. The fourth-order valence-corrected chi connectivity index (χ4v) is 1.45. The van der Waals surface area contributed by atoms with Gasteiger partial charge in [0, 0.05) is 19.4 Å². The summed E-state index contributed by atoms with van der Waals surface area (Å²) in [5, 5.41) is 0.470. The second-order valence-electron chi connectivity index (χ2n) is 4.05. The van der Waals surface area contributed by atoms with Crippen molar-refractivity contribution in [3.63, 3.8) is 0 Å². The number of hydrogen-bond donors (Lipinski definition) is 3. The zero-order chi connectivity index (χ0) is 14.4. The number of aliphatic imine (C=N–C) groups is 1. The minimum absolute atomic E-state index is 0.0376. The van der Waals surface area contributed by atoms with E-state index >= 15 is 0 Å². The highest BCUT2D eigenvalue weighted by atomic mass is 16.7. The largest absolute Gasteiger partial charge is 0.370 e. The molecule has 1 aliphatic heterocycles. The smallest absolute Gasteiger partial charge is 0.349 e. The van der Waals surface area contributed by atoms with Crippen molar-refractivity contribution in [2.75, 3.05) is 6.54 Å². The Morgan fingerprint density at radius 2 is 1.89 bits per heavy atom. The predicted octanol–water partition coefficient (Wildman–Crippen LogP) is -2.03. The molecule has 1 heterocycles. The van der Waals surface area contributed by atoms with Gasteiger partial charge in [-0.25, -0.2) is 4.79 Å². The van der Waals surface area contributed by atoms with Gasteiger partial charge in [-0.15, -0.1) is 5.06 Å². The number of nitrogens with two attached hydrogens (primary N) is 3. The van der Waals surface area contributed by atoms with Gasteiger partial charge in [0.15, 0.2) is 5.96 Å². The zero-order valence-corrected chi connectivity index (χ0v) is 10.4. The van der Waals surface area contributed by atoms with Crippen LogP contribution < -0.4 is 17.2 Å². The molecule has 0 aromatic carbocycles. The number of hydrogen-bond acceptors (Lipinski definition) is 6. The van der Waals surface area contributed by atoms with Gasteiger partial charge in [0.05, 0.1) is 0 Å². The highest BCUT2D eigenvalue weighted by Gasteiger charge is 2.33. The van der Waals surface area contributed by atoms with E-state index in [9.17, 15) is 14.4 Å². The highest BCUT2D eigenvalue weighted by molar-refractivity contribution is 6.01. The lowest BCUT2D eigenvalue weighted by Crippen LogP contribution is -2.40. The van der Waals surface area contributed by atoms with Crippen LogP contribution in [-0.4, -0.2) is 41.4 Å². The summed E-state index contributed by atoms with van der Waals surface area (Å²) in [6, 6.07) is -0.935. The Balaban J connectivity index is 2.34. The molecule has 19 heavy (non-hydrogen) atoms. The summed E-state index contributed by atoms with van der Waals surface area (Å²) in [4.78, 5) is 42.4. The third-order valence-corrected chi connectivity index (χ3v) is 2.46. The molecule has 0 aliphatic carbocycles. The summed E-state index contributed by atoms with van der Waals surface area (Å²) >= 11 is 0. The van der Waals surface area contributed by atoms with Gasteiger partial charge >= 0.3 is 5.97 Å². The lowest BCUT2D eigenvalue weighted by molar-refractivity contribution is -0.198. The topological polar surface area (TPSA) is 154 Å². The molecular formula is C10H17N5O4. The zero-order valence-electron chi connectivity index (χ0n) is 10.4. The number of nitrogens with zero attached hydrogens (tertiary/aromatic N) is 2. The fourth-order valence-electron chi connectivity index (χ4n) is 1.45. The summed E-state index contributed by atoms with van der Waals surface area (Å²) in [5.74, 6) is -1.94. The molecular weight excluding hydrogens is 254 g/mol.